The van der Waals surface area contributed by atoms with Gasteiger partial charge >= 0.3 is 5.69 Å². The minimum Gasteiger partial charge on any atom is -0.484 e. The van der Waals surface area contributed by atoms with Gasteiger partial charge in [-0.15, -0.1) is 0 Å². The molecule has 0 saturated heterocycles. The summed E-state index contributed by atoms with van der Waals surface area (Å²) in [5.41, 5.74) is 10.1. The van der Waals surface area contributed by atoms with Gasteiger partial charge < -0.3 is 16.2 Å². The Labute approximate surface area is 117 Å². The van der Waals surface area contributed by atoms with E-state index in [2.05, 4.69) is 0 Å². The summed E-state index contributed by atoms with van der Waals surface area (Å²) in [6, 6.07) is 4.81. The number of ether oxygens (including phenoxy) is 1. The summed E-state index contributed by atoms with van der Waals surface area (Å²) in [6.45, 7) is 4.81. The lowest BCUT2D eigenvalue weighted by Crippen LogP contribution is -2.51. The lowest BCUT2D eigenvalue weighted by atomic mass is 9.95. The lowest BCUT2D eigenvalue weighted by Gasteiger charge is -2.25. The summed E-state index contributed by atoms with van der Waals surface area (Å²) in [7, 11) is 0. The smallest absolute Gasteiger partial charge is 0.313 e. The maximum atomic E-state index is 11.2. The molecule has 0 heterocycles. The van der Waals surface area contributed by atoms with Gasteiger partial charge in [0.05, 0.1) is 16.6 Å². The maximum absolute atomic E-state index is 11.2. The number of primary amides is 1. The Morgan fingerprint density at radius 2 is 2.15 bits per heavy atom. The quantitative estimate of drug-likeness (QED) is 0.600. The highest BCUT2D eigenvalue weighted by Gasteiger charge is 2.30. The van der Waals surface area contributed by atoms with E-state index in [1.54, 1.807) is 26.0 Å². The van der Waals surface area contributed by atoms with Crippen LogP contribution < -0.4 is 16.2 Å². The Morgan fingerprint density at radius 3 is 2.65 bits per heavy atom. The zero-order chi connectivity index (χ0) is 15.5. The van der Waals surface area contributed by atoms with Gasteiger partial charge in [0.1, 0.15) is 0 Å². The summed E-state index contributed by atoms with van der Waals surface area (Å²) < 4.78 is 5.54. The molecule has 0 spiro atoms. The Bertz CT molecular complexity index is 528. The van der Waals surface area contributed by atoms with Crippen molar-refractivity contribution >= 4 is 11.6 Å². The third-order valence-corrected chi connectivity index (χ3v) is 2.99. The van der Waals surface area contributed by atoms with Gasteiger partial charge in [-0.3, -0.25) is 14.9 Å². The van der Waals surface area contributed by atoms with Crippen molar-refractivity contribution in [1.82, 2.24) is 0 Å². The van der Waals surface area contributed by atoms with Crippen LogP contribution in [0.1, 0.15) is 25.8 Å². The molecule has 0 bridgehead atoms. The second kappa shape index (κ2) is 5.87. The third kappa shape index (κ3) is 3.67. The van der Waals surface area contributed by atoms with Gasteiger partial charge in [-0.05, 0) is 26.8 Å². The second-order valence-electron chi connectivity index (χ2n) is 5.09. The molecule has 0 radical (unpaired) electrons. The van der Waals surface area contributed by atoms with Crippen LogP contribution in [-0.2, 0) is 4.79 Å². The molecular formula is C13H19N3O4. The topological polar surface area (TPSA) is 121 Å². The Balaban J connectivity index is 2.92. The fourth-order valence-electron chi connectivity index (χ4n) is 1.92. The molecule has 1 aromatic rings. The third-order valence-electron chi connectivity index (χ3n) is 2.99. The van der Waals surface area contributed by atoms with E-state index in [1.807, 2.05) is 0 Å². The molecule has 1 aromatic carbocycles. The number of carbonyl (C=O) groups is 1. The number of hydrogen-bond donors (Lipinski definition) is 2. The maximum Gasteiger partial charge on any atom is 0.313 e. The van der Waals surface area contributed by atoms with Crippen molar-refractivity contribution in [2.75, 3.05) is 0 Å². The summed E-state index contributed by atoms with van der Waals surface area (Å²) in [5.74, 6) is -0.491. The van der Waals surface area contributed by atoms with Gasteiger partial charge in [0, 0.05) is 12.0 Å². The molecule has 0 aliphatic heterocycles. The summed E-state index contributed by atoms with van der Waals surface area (Å²) >= 11 is 0. The molecular weight excluding hydrogens is 262 g/mol. The summed E-state index contributed by atoms with van der Waals surface area (Å²) in [5, 5.41) is 11.0. The zero-order valence-corrected chi connectivity index (χ0v) is 11.8. The monoisotopic (exact) mass is 281 g/mol. The fraction of sp³-hybridized carbons (Fsp3) is 0.462. The van der Waals surface area contributed by atoms with Crippen molar-refractivity contribution in [3.05, 3.63) is 33.9 Å². The van der Waals surface area contributed by atoms with Crippen LogP contribution in [0.3, 0.4) is 0 Å². The molecule has 1 amide bonds. The van der Waals surface area contributed by atoms with E-state index in [0.717, 1.165) is 0 Å². The van der Waals surface area contributed by atoms with Crippen molar-refractivity contribution in [1.29, 1.82) is 0 Å². The van der Waals surface area contributed by atoms with E-state index in [1.165, 1.54) is 13.0 Å². The van der Waals surface area contributed by atoms with Gasteiger partial charge in [-0.1, -0.05) is 12.1 Å². The van der Waals surface area contributed by atoms with Crippen molar-refractivity contribution in [2.45, 2.75) is 38.8 Å². The van der Waals surface area contributed by atoms with E-state index in [0.29, 0.717) is 5.56 Å². The standard InChI is InChI=1S/C13H19N3O4/c1-8-5-4-6-10(11(8)16(18)19)20-9(2)7-13(3,15)12(14)17/h4-6,9H,7,15H2,1-3H3,(H2,14,17). The van der Waals surface area contributed by atoms with Crippen LogP contribution in [0.25, 0.3) is 0 Å². The highest BCUT2D eigenvalue weighted by atomic mass is 16.6. The Kier molecular flexibility index (Phi) is 4.67. The summed E-state index contributed by atoms with van der Waals surface area (Å²) in [4.78, 5) is 21.7. The number of aryl methyl sites for hydroxylation is 1. The van der Waals surface area contributed by atoms with Crippen molar-refractivity contribution in [3.63, 3.8) is 0 Å². The molecule has 2 atom stereocenters. The van der Waals surface area contributed by atoms with Crippen molar-refractivity contribution < 1.29 is 14.5 Å². The molecule has 0 aliphatic rings. The molecule has 7 heteroatoms. The molecule has 20 heavy (non-hydrogen) atoms. The molecule has 7 nitrogen and oxygen atoms in total. The normalized spacial score (nSPS) is 15.2. The average Bonchev–Trinajstić information content (AvgIpc) is 2.26. The zero-order valence-electron chi connectivity index (χ0n) is 11.8. The molecule has 1 rings (SSSR count). The van der Waals surface area contributed by atoms with Crippen LogP contribution in [0.4, 0.5) is 5.69 Å². The number of nitro groups is 1. The molecule has 110 valence electrons. The first-order chi connectivity index (χ1) is 9.15. The fourth-order valence-corrected chi connectivity index (χ4v) is 1.92. The number of rotatable bonds is 6. The van der Waals surface area contributed by atoms with Crippen LogP contribution in [0.2, 0.25) is 0 Å². The SMILES string of the molecule is Cc1cccc(OC(C)CC(C)(N)C(N)=O)c1[N+](=O)[O-]. The largest absolute Gasteiger partial charge is 0.484 e. The Morgan fingerprint density at radius 1 is 1.55 bits per heavy atom. The van der Waals surface area contributed by atoms with E-state index in [9.17, 15) is 14.9 Å². The van der Waals surface area contributed by atoms with E-state index in [-0.39, 0.29) is 17.9 Å². The minimum atomic E-state index is -1.22. The highest BCUT2D eigenvalue weighted by Crippen LogP contribution is 2.31. The Hall–Kier alpha value is -2.15. The molecule has 0 saturated carbocycles. The van der Waals surface area contributed by atoms with Gasteiger partial charge in [0.15, 0.2) is 5.75 Å². The van der Waals surface area contributed by atoms with Gasteiger partial charge in [-0.25, -0.2) is 0 Å². The molecule has 4 N–H and O–H groups in total. The van der Waals surface area contributed by atoms with Crippen molar-refractivity contribution in [3.8, 4) is 5.75 Å². The number of carbonyl (C=O) groups excluding carboxylic acids is 1. The molecule has 2 unspecified atom stereocenters. The summed E-state index contributed by atoms with van der Waals surface area (Å²) in [6.07, 6.45) is -0.328. The number of benzene rings is 1. The number of nitrogens with two attached hydrogens (primary N) is 2. The first-order valence-electron chi connectivity index (χ1n) is 6.14. The van der Waals surface area contributed by atoms with Gasteiger partial charge in [-0.2, -0.15) is 0 Å². The first-order valence-corrected chi connectivity index (χ1v) is 6.14. The number of amides is 1. The predicted molar refractivity (Wildman–Crippen MR) is 74.3 cm³/mol. The van der Waals surface area contributed by atoms with Crippen LogP contribution in [0, 0.1) is 17.0 Å². The average molecular weight is 281 g/mol. The van der Waals surface area contributed by atoms with E-state index < -0.39 is 22.5 Å². The first kappa shape index (κ1) is 15.9. The predicted octanol–water partition coefficient (Wildman–Crippen LogP) is 1.26. The van der Waals surface area contributed by atoms with Gasteiger partial charge in [0.25, 0.3) is 0 Å². The van der Waals surface area contributed by atoms with E-state index >= 15 is 0 Å². The number of nitrogens with zero attached hydrogens (tertiary/aromatic N) is 1. The minimum absolute atomic E-state index is 0.0860. The van der Waals surface area contributed by atoms with Crippen LogP contribution in [-0.4, -0.2) is 22.5 Å². The lowest BCUT2D eigenvalue weighted by molar-refractivity contribution is -0.386. The molecule has 0 aromatic heterocycles. The van der Waals surface area contributed by atoms with Crippen molar-refractivity contribution in [2.24, 2.45) is 11.5 Å². The second-order valence-corrected chi connectivity index (χ2v) is 5.09. The van der Waals surface area contributed by atoms with Gasteiger partial charge in [0.2, 0.25) is 5.91 Å². The molecule has 0 aliphatic carbocycles. The molecule has 0 fully saturated rings. The highest BCUT2D eigenvalue weighted by molar-refractivity contribution is 5.83. The number of hydrogen-bond acceptors (Lipinski definition) is 5. The number of para-hydroxylation sites is 1. The van der Waals surface area contributed by atoms with Crippen LogP contribution >= 0.6 is 0 Å². The number of nitro benzene ring substituents is 1. The van der Waals surface area contributed by atoms with Crippen LogP contribution in [0.15, 0.2) is 18.2 Å². The van der Waals surface area contributed by atoms with E-state index in [4.69, 9.17) is 16.2 Å². The van der Waals surface area contributed by atoms with Crippen LogP contribution in [0.5, 0.6) is 5.75 Å².